The molecule has 5 heteroatoms. The van der Waals surface area contributed by atoms with Crippen LogP contribution in [0.1, 0.15) is 31.9 Å². The molecule has 2 aromatic heterocycles. The lowest BCUT2D eigenvalue weighted by molar-refractivity contribution is 0.0524. The van der Waals surface area contributed by atoms with Crippen LogP contribution in [0.4, 0.5) is 4.79 Å². The third-order valence-corrected chi connectivity index (χ3v) is 2.58. The molecule has 2 rings (SSSR count). The molecule has 0 atom stereocenters. The summed E-state index contributed by atoms with van der Waals surface area (Å²) in [5.41, 5.74) is 2.43. The molecule has 0 aliphatic heterocycles. The van der Waals surface area contributed by atoms with Crippen LogP contribution < -0.4 is 5.32 Å². The van der Waals surface area contributed by atoms with E-state index in [1.807, 2.05) is 46.2 Å². The Bertz CT molecular complexity index is 596. The highest BCUT2D eigenvalue weighted by Gasteiger charge is 2.16. The largest absolute Gasteiger partial charge is 0.444 e. The van der Waals surface area contributed by atoms with Crippen molar-refractivity contribution >= 4 is 17.1 Å². The monoisotopic (exact) mass is 261 g/mol. The quantitative estimate of drug-likeness (QED) is 0.873. The number of alkyl carbamates (subject to hydrolysis) is 1. The van der Waals surface area contributed by atoms with Gasteiger partial charge in [-0.15, -0.1) is 0 Å². The summed E-state index contributed by atoms with van der Waals surface area (Å²) in [6.45, 7) is 7.92. The maximum Gasteiger partial charge on any atom is 0.407 e. The predicted molar refractivity (Wildman–Crippen MR) is 73.9 cm³/mol. The molecule has 0 bridgehead atoms. The molecule has 0 spiro atoms. The van der Waals surface area contributed by atoms with Crippen LogP contribution in [0, 0.1) is 6.92 Å². The SMILES string of the molecule is Cc1cnc2[nH]cc(CNC(=O)OC(C)(C)C)c2c1. The molecule has 0 unspecified atom stereocenters. The molecular formula is C14H19N3O2. The molecule has 1 amide bonds. The van der Waals surface area contributed by atoms with Crippen molar-refractivity contribution in [1.29, 1.82) is 0 Å². The summed E-state index contributed by atoms with van der Waals surface area (Å²) in [7, 11) is 0. The topological polar surface area (TPSA) is 67.0 Å². The molecule has 0 aliphatic carbocycles. The van der Waals surface area contributed by atoms with E-state index in [4.69, 9.17) is 4.74 Å². The van der Waals surface area contributed by atoms with Crippen molar-refractivity contribution in [2.75, 3.05) is 0 Å². The number of ether oxygens (including phenoxy) is 1. The fourth-order valence-electron chi connectivity index (χ4n) is 1.79. The van der Waals surface area contributed by atoms with Crippen LogP contribution in [-0.2, 0) is 11.3 Å². The van der Waals surface area contributed by atoms with Crippen molar-refractivity contribution in [2.24, 2.45) is 0 Å². The van der Waals surface area contributed by atoms with Crippen LogP contribution in [0.3, 0.4) is 0 Å². The molecular weight excluding hydrogens is 242 g/mol. The first-order valence-electron chi connectivity index (χ1n) is 6.24. The van der Waals surface area contributed by atoms with E-state index in [2.05, 4.69) is 15.3 Å². The number of aromatic nitrogens is 2. The minimum absolute atomic E-state index is 0.414. The fraction of sp³-hybridized carbons (Fsp3) is 0.429. The number of amides is 1. The lowest BCUT2D eigenvalue weighted by Crippen LogP contribution is -2.32. The number of aryl methyl sites for hydroxylation is 1. The van der Waals surface area contributed by atoms with E-state index in [1.54, 1.807) is 0 Å². The molecule has 102 valence electrons. The third-order valence-electron chi connectivity index (χ3n) is 2.58. The van der Waals surface area contributed by atoms with E-state index in [0.717, 1.165) is 22.2 Å². The number of aromatic amines is 1. The number of nitrogens with zero attached hydrogens (tertiary/aromatic N) is 1. The highest BCUT2D eigenvalue weighted by Crippen LogP contribution is 2.17. The minimum atomic E-state index is -0.484. The summed E-state index contributed by atoms with van der Waals surface area (Å²) in [5.74, 6) is 0. The summed E-state index contributed by atoms with van der Waals surface area (Å²) in [5, 5.41) is 3.77. The Morgan fingerprint density at radius 2 is 2.21 bits per heavy atom. The molecule has 0 aromatic carbocycles. The fourth-order valence-corrected chi connectivity index (χ4v) is 1.79. The normalized spacial score (nSPS) is 11.6. The average Bonchev–Trinajstić information content (AvgIpc) is 2.66. The second-order valence-electron chi connectivity index (χ2n) is 5.58. The van der Waals surface area contributed by atoms with Crippen molar-refractivity contribution in [3.8, 4) is 0 Å². The van der Waals surface area contributed by atoms with Crippen LogP contribution in [-0.4, -0.2) is 21.7 Å². The number of hydrogen-bond donors (Lipinski definition) is 2. The molecule has 2 heterocycles. The van der Waals surface area contributed by atoms with Gasteiger partial charge in [0.2, 0.25) is 0 Å². The second-order valence-corrected chi connectivity index (χ2v) is 5.58. The number of nitrogens with one attached hydrogen (secondary N) is 2. The van der Waals surface area contributed by atoms with Crippen LogP contribution in [0.25, 0.3) is 11.0 Å². The number of hydrogen-bond acceptors (Lipinski definition) is 3. The maximum atomic E-state index is 11.6. The molecule has 0 radical (unpaired) electrons. The Hall–Kier alpha value is -2.04. The van der Waals surface area contributed by atoms with Crippen molar-refractivity contribution in [3.05, 3.63) is 29.6 Å². The highest BCUT2D eigenvalue weighted by atomic mass is 16.6. The van der Waals surface area contributed by atoms with Gasteiger partial charge in [0.15, 0.2) is 0 Å². The summed E-state index contributed by atoms with van der Waals surface area (Å²) in [4.78, 5) is 19.0. The second kappa shape index (κ2) is 4.91. The van der Waals surface area contributed by atoms with Gasteiger partial charge in [-0.1, -0.05) is 0 Å². The van der Waals surface area contributed by atoms with E-state index < -0.39 is 11.7 Å². The molecule has 0 aliphatic rings. The highest BCUT2D eigenvalue weighted by molar-refractivity contribution is 5.80. The summed E-state index contributed by atoms with van der Waals surface area (Å²) in [6, 6.07) is 2.05. The van der Waals surface area contributed by atoms with E-state index in [-0.39, 0.29) is 0 Å². The number of carbonyl (C=O) groups is 1. The Morgan fingerprint density at radius 1 is 1.47 bits per heavy atom. The van der Waals surface area contributed by atoms with E-state index >= 15 is 0 Å². The van der Waals surface area contributed by atoms with Crippen LogP contribution in [0.15, 0.2) is 18.5 Å². The Kier molecular flexibility index (Phi) is 3.46. The number of pyridine rings is 1. The number of H-pyrrole nitrogens is 1. The first-order chi connectivity index (χ1) is 8.85. The van der Waals surface area contributed by atoms with Gasteiger partial charge >= 0.3 is 6.09 Å². The smallest absolute Gasteiger partial charge is 0.407 e. The van der Waals surface area contributed by atoms with Gasteiger partial charge in [-0.2, -0.15) is 0 Å². The number of rotatable bonds is 2. The summed E-state index contributed by atoms with van der Waals surface area (Å²) in [6.07, 6.45) is 3.25. The van der Waals surface area contributed by atoms with Gasteiger partial charge in [-0.25, -0.2) is 9.78 Å². The Morgan fingerprint density at radius 3 is 2.89 bits per heavy atom. The Balaban J connectivity index is 2.06. The summed E-state index contributed by atoms with van der Waals surface area (Å²) < 4.78 is 5.20. The van der Waals surface area contributed by atoms with Gasteiger partial charge in [-0.3, -0.25) is 0 Å². The van der Waals surface area contributed by atoms with Gasteiger partial charge in [-0.05, 0) is 44.9 Å². The van der Waals surface area contributed by atoms with E-state index in [1.165, 1.54) is 0 Å². The Labute approximate surface area is 112 Å². The number of fused-ring (bicyclic) bond motifs is 1. The van der Waals surface area contributed by atoms with Gasteiger partial charge in [0.05, 0.1) is 0 Å². The first-order valence-corrected chi connectivity index (χ1v) is 6.24. The first kappa shape index (κ1) is 13.4. The molecule has 2 aromatic rings. The predicted octanol–water partition coefficient (Wildman–Crippen LogP) is 2.90. The van der Waals surface area contributed by atoms with Crippen molar-refractivity contribution in [2.45, 2.75) is 39.8 Å². The maximum absolute atomic E-state index is 11.6. The zero-order valence-electron chi connectivity index (χ0n) is 11.7. The van der Waals surface area contributed by atoms with Gasteiger partial charge in [0.25, 0.3) is 0 Å². The van der Waals surface area contributed by atoms with Crippen LogP contribution >= 0.6 is 0 Å². The summed E-state index contributed by atoms with van der Waals surface area (Å²) >= 11 is 0. The molecule has 19 heavy (non-hydrogen) atoms. The van der Waals surface area contributed by atoms with Crippen LogP contribution in [0.5, 0.6) is 0 Å². The minimum Gasteiger partial charge on any atom is -0.444 e. The van der Waals surface area contributed by atoms with Gasteiger partial charge in [0.1, 0.15) is 11.2 Å². The average molecular weight is 261 g/mol. The van der Waals surface area contributed by atoms with Crippen molar-refractivity contribution in [1.82, 2.24) is 15.3 Å². The lowest BCUT2D eigenvalue weighted by atomic mass is 10.2. The van der Waals surface area contributed by atoms with Gasteiger partial charge < -0.3 is 15.0 Å². The van der Waals surface area contributed by atoms with Crippen molar-refractivity contribution in [3.63, 3.8) is 0 Å². The van der Waals surface area contributed by atoms with Crippen LogP contribution in [0.2, 0.25) is 0 Å². The number of carbonyl (C=O) groups excluding carboxylic acids is 1. The molecule has 0 fully saturated rings. The molecule has 2 N–H and O–H groups in total. The van der Waals surface area contributed by atoms with Crippen molar-refractivity contribution < 1.29 is 9.53 Å². The third kappa shape index (κ3) is 3.47. The standard InChI is InChI=1S/C14H19N3O2/c1-9-5-11-10(7-16-12(11)15-6-9)8-17-13(18)19-14(2,3)4/h5-7H,8H2,1-4H3,(H,15,16)(H,17,18). The van der Waals surface area contributed by atoms with E-state index in [9.17, 15) is 4.79 Å². The zero-order valence-corrected chi connectivity index (χ0v) is 11.7. The zero-order chi connectivity index (χ0) is 14.0. The molecule has 0 saturated heterocycles. The van der Waals surface area contributed by atoms with Gasteiger partial charge in [0, 0.05) is 24.3 Å². The molecule has 0 saturated carbocycles. The lowest BCUT2D eigenvalue weighted by Gasteiger charge is -2.19. The molecule has 5 nitrogen and oxygen atoms in total. The van der Waals surface area contributed by atoms with E-state index in [0.29, 0.717) is 6.54 Å².